The van der Waals surface area contributed by atoms with Crippen LogP contribution in [-0.2, 0) is 14.2 Å². The summed E-state index contributed by atoms with van der Waals surface area (Å²) in [7, 11) is 1.55. The molecule has 2 bridgehead atoms. The van der Waals surface area contributed by atoms with Gasteiger partial charge in [-0.3, -0.25) is 0 Å². The van der Waals surface area contributed by atoms with Gasteiger partial charge in [0.05, 0.1) is 19.8 Å². The summed E-state index contributed by atoms with van der Waals surface area (Å²) in [6, 6.07) is 0. The number of aliphatic hydroxyl groups is 2. The van der Waals surface area contributed by atoms with Crippen molar-refractivity contribution < 1.29 is 24.4 Å². The van der Waals surface area contributed by atoms with E-state index in [-0.39, 0.29) is 18.8 Å². The van der Waals surface area contributed by atoms with Gasteiger partial charge in [-0.15, -0.1) is 0 Å². The molecule has 2 aliphatic rings. The van der Waals surface area contributed by atoms with Crippen LogP contribution in [0.1, 0.15) is 0 Å². The van der Waals surface area contributed by atoms with Crippen molar-refractivity contribution in [2.24, 2.45) is 0 Å². The van der Waals surface area contributed by atoms with Gasteiger partial charge in [-0.1, -0.05) is 0 Å². The maximum atomic E-state index is 9.71. The van der Waals surface area contributed by atoms with E-state index in [0.29, 0.717) is 13.2 Å². The van der Waals surface area contributed by atoms with Crippen LogP contribution in [0.4, 0.5) is 0 Å². The minimum atomic E-state index is -0.958. The average molecular weight is 190 g/mol. The van der Waals surface area contributed by atoms with Crippen molar-refractivity contribution in [3.63, 3.8) is 0 Å². The highest BCUT2D eigenvalue weighted by atomic mass is 16.7. The molecule has 0 aromatic heterocycles. The molecule has 0 aromatic rings. The first kappa shape index (κ1) is 9.36. The topological polar surface area (TPSA) is 68.2 Å². The van der Waals surface area contributed by atoms with E-state index in [2.05, 4.69) is 0 Å². The Kier molecular flexibility index (Phi) is 2.29. The minimum Gasteiger partial charge on any atom is -0.393 e. The minimum absolute atomic E-state index is 0.237. The zero-order valence-corrected chi connectivity index (χ0v) is 7.47. The van der Waals surface area contributed by atoms with Crippen molar-refractivity contribution >= 4 is 0 Å². The lowest BCUT2D eigenvalue weighted by Crippen LogP contribution is -2.51. The summed E-state index contributed by atoms with van der Waals surface area (Å²) in [6.45, 7) is 0.439. The molecule has 2 rings (SSSR count). The molecule has 4 atom stereocenters. The lowest BCUT2D eigenvalue weighted by molar-refractivity contribution is -0.180. The standard InChI is InChI=1S/C8H14O5/c1-11-3-6-8(4-9)7(10)5(13-6)2-12-8/h5-7,9-10H,2-4H2,1H3/t5-,6-,7-,8-/m0/s1. The van der Waals surface area contributed by atoms with Crippen LogP contribution in [0.15, 0.2) is 0 Å². The number of ether oxygens (including phenoxy) is 3. The number of rotatable bonds is 3. The second kappa shape index (κ2) is 3.18. The lowest BCUT2D eigenvalue weighted by Gasteiger charge is -2.32. The Hall–Kier alpha value is -0.200. The van der Waals surface area contributed by atoms with Crippen LogP contribution in [-0.4, -0.2) is 61.1 Å². The number of hydrogen-bond acceptors (Lipinski definition) is 5. The molecule has 2 fully saturated rings. The molecule has 2 saturated heterocycles. The van der Waals surface area contributed by atoms with E-state index in [9.17, 15) is 10.2 Å². The van der Waals surface area contributed by atoms with E-state index in [1.54, 1.807) is 7.11 Å². The molecule has 0 amide bonds. The molecule has 2 N–H and O–H groups in total. The van der Waals surface area contributed by atoms with Crippen LogP contribution in [0, 0.1) is 0 Å². The molecule has 0 radical (unpaired) electrons. The van der Waals surface area contributed by atoms with Crippen molar-refractivity contribution in [3.8, 4) is 0 Å². The summed E-state index contributed by atoms with van der Waals surface area (Å²) in [4.78, 5) is 0. The van der Waals surface area contributed by atoms with Crippen molar-refractivity contribution in [2.45, 2.75) is 23.9 Å². The highest BCUT2D eigenvalue weighted by Gasteiger charge is 2.62. The molecular formula is C8H14O5. The largest absolute Gasteiger partial charge is 0.393 e. The molecule has 0 saturated carbocycles. The zero-order chi connectivity index (χ0) is 9.47. The maximum absolute atomic E-state index is 9.71. The predicted molar refractivity (Wildman–Crippen MR) is 42.3 cm³/mol. The fourth-order valence-electron chi connectivity index (χ4n) is 2.02. The van der Waals surface area contributed by atoms with E-state index in [1.165, 1.54) is 0 Å². The third kappa shape index (κ3) is 1.12. The van der Waals surface area contributed by atoms with E-state index in [0.717, 1.165) is 0 Å². The number of aliphatic hydroxyl groups excluding tert-OH is 2. The van der Waals surface area contributed by atoms with Gasteiger partial charge in [0.25, 0.3) is 0 Å². The summed E-state index contributed by atoms with van der Waals surface area (Å²) in [5, 5.41) is 18.9. The Morgan fingerprint density at radius 2 is 2.38 bits per heavy atom. The molecular weight excluding hydrogens is 176 g/mol. The van der Waals surface area contributed by atoms with Gasteiger partial charge in [-0.25, -0.2) is 0 Å². The molecule has 0 aromatic carbocycles. The smallest absolute Gasteiger partial charge is 0.148 e. The second-order valence-corrected chi connectivity index (χ2v) is 3.49. The lowest BCUT2D eigenvalue weighted by atomic mass is 9.94. The predicted octanol–water partition coefficient (Wildman–Crippen LogP) is -1.48. The zero-order valence-electron chi connectivity index (χ0n) is 7.47. The van der Waals surface area contributed by atoms with E-state index in [4.69, 9.17) is 14.2 Å². The Morgan fingerprint density at radius 1 is 1.62 bits per heavy atom. The molecule has 0 spiro atoms. The number of hydrogen-bond donors (Lipinski definition) is 2. The second-order valence-electron chi connectivity index (χ2n) is 3.49. The van der Waals surface area contributed by atoms with Crippen molar-refractivity contribution in [2.75, 3.05) is 26.9 Å². The van der Waals surface area contributed by atoms with Gasteiger partial charge >= 0.3 is 0 Å². The first-order chi connectivity index (χ1) is 6.24. The number of methoxy groups -OCH3 is 1. The summed E-state index contributed by atoms with van der Waals surface area (Å²) >= 11 is 0. The third-order valence-corrected chi connectivity index (χ3v) is 2.82. The molecule has 13 heavy (non-hydrogen) atoms. The molecule has 5 heteroatoms. The third-order valence-electron chi connectivity index (χ3n) is 2.82. The fourth-order valence-corrected chi connectivity index (χ4v) is 2.02. The van der Waals surface area contributed by atoms with Crippen molar-refractivity contribution in [1.82, 2.24) is 0 Å². The Bertz CT molecular complexity index is 197. The van der Waals surface area contributed by atoms with Gasteiger partial charge in [-0.2, -0.15) is 0 Å². The van der Waals surface area contributed by atoms with Crippen molar-refractivity contribution in [1.29, 1.82) is 0 Å². The van der Waals surface area contributed by atoms with Crippen LogP contribution < -0.4 is 0 Å². The first-order valence-electron chi connectivity index (χ1n) is 4.32. The molecule has 76 valence electrons. The van der Waals surface area contributed by atoms with E-state index >= 15 is 0 Å². The average Bonchev–Trinajstić information content (AvgIpc) is 2.59. The molecule has 5 nitrogen and oxygen atoms in total. The Morgan fingerprint density at radius 3 is 2.92 bits per heavy atom. The summed E-state index contributed by atoms with van der Waals surface area (Å²) < 4.78 is 15.7. The van der Waals surface area contributed by atoms with Gasteiger partial charge in [0.2, 0.25) is 0 Å². The molecule has 0 aliphatic carbocycles. The van der Waals surface area contributed by atoms with Gasteiger partial charge in [0.15, 0.2) is 0 Å². The summed E-state index contributed by atoms with van der Waals surface area (Å²) in [5.41, 5.74) is -0.958. The monoisotopic (exact) mass is 190 g/mol. The molecule has 2 aliphatic heterocycles. The normalized spacial score (nSPS) is 48.7. The highest BCUT2D eigenvalue weighted by molar-refractivity contribution is 5.09. The molecule has 0 unspecified atom stereocenters. The molecule has 2 heterocycles. The quantitative estimate of drug-likeness (QED) is 0.568. The Labute approximate surface area is 76.2 Å². The number of fused-ring (bicyclic) bond motifs is 2. The van der Waals surface area contributed by atoms with Gasteiger partial charge < -0.3 is 24.4 Å². The van der Waals surface area contributed by atoms with Gasteiger partial charge in [0, 0.05) is 7.11 Å². The van der Waals surface area contributed by atoms with Gasteiger partial charge in [-0.05, 0) is 0 Å². The van der Waals surface area contributed by atoms with Crippen LogP contribution in [0.2, 0.25) is 0 Å². The maximum Gasteiger partial charge on any atom is 0.148 e. The van der Waals surface area contributed by atoms with Crippen LogP contribution in [0.25, 0.3) is 0 Å². The van der Waals surface area contributed by atoms with Crippen molar-refractivity contribution in [3.05, 3.63) is 0 Å². The first-order valence-corrected chi connectivity index (χ1v) is 4.32. The Balaban J connectivity index is 2.16. The fraction of sp³-hybridized carbons (Fsp3) is 1.00. The van der Waals surface area contributed by atoms with Crippen LogP contribution in [0.5, 0.6) is 0 Å². The van der Waals surface area contributed by atoms with Gasteiger partial charge in [0.1, 0.15) is 23.9 Å². The van der Waals surface area contributed by atoms with Crippen LogP contribution in [0.3, 0.4) is 0 Å². The summed E-state index contributed by atoms with van der Waals surface area (Å²) in [5.74, 6) is 0. The van der Waals surface area contributed by atoms with E-state index < -0.39 is 11.7 Å². The SMILES string of the molecule is COC[C@@H]1O[C@H]2CO[C@]1(CO)[C@H]2O. The van der Waals surface area contributed by atoms with Crippen LogP contribution >= 0.6 is 0 Å². The highest BCUT2D eigenvalue weighted by Crippen LogP contribution is 2.40. The summed E-state index contributed by atoms with van der Waals surface area (Å²) in [6.07, 6.45) is -1.42. The van der Waals surface area contributed by atoms with E-state index in [1.807, 2.05) is 0 Å².